The van der Waals surface area contributed by atoms with Crippen LogP contribution in [0.5, 0.6) is 0 Å². The average molecular weight is 289 g/mol. The van der Waals surface area contributed by atoms with Crippen molar-refractivity contribution in [3.8, 4) is 0 Å². The van der Waals surface area contributed by atoms with E-state index in [9.17, 15) is 13.2 Å². The maximum atomic E-state index is 12.1. The lowest BCUT2D eigenvalue weighted by molar-refractivity contribution is 0.0721. The second-order valence-electron chi connectivity index (χ2n) is 4.36. The highest BCUT2D eigenvalue weighted by Crippen LogP contribution is 2.18. The van der Waals surface area contributed by atoms with Crippen molar-refractivity contribution in [1.82, 2.24) is 9.88 Å². The number of likely N-dealkylation sites (tertiary alicyclic amines) is 1. The van der Waals surface area contributed by atoms with Crippen LogP contribution in [0.3, 0.4) is 0 Å². The highest BCUT2D eigenvalue weighted by atomic mass is 32.2. The van der Waals surface area contributed by atoms with Gasteiger partial charge in [-0.15, -0.1) is 11.3 Å². The van der Waals surface area contributed by atoms with E-state index in [2.05, 4.69) is 4.98 Å². The maximum Gasteiger partial charge on any atom is 0.273 e. The number of rotatable bonds is 2. The molecule has 1 saturated heterocycles. The van der Waals surface area contributed by atoms with Gasteiger partial charge in [-0.2, -0.15) is 0 Å². The molecule has 1 atom stereocenters. The van der Waals surface area contributed by atoms with Gasteiger partial charge in [-0.3, -0.25) is 4.79 Å². The molecule has 2 heterocycles. The fourth-order valence-electron chi connectivity index (χ4n) is 2.01. The lowest BCUT2D eigenvalue weighted by Gasteiger charge is -2.31. The van der Waals surface area contributed by atoms with Gasteiger partial charge in [0.1, 0.15) is 5.69 Å². The smallest absolute Gasteiger partial charge is 0.273 e. The van der Waals surface area contributed by atoms with E-state index in [1.54, 1.807) is 5.38 Å². The molecule has 0 aromatic carbocycles. The largest absolute Gasteiger partial charge is 0.336 e. The molecule has 2 N–H and O–H groups in total. The molecule has 0 bridgehead atoms. The number of amides is 1. The number of nitrogens with zero attached hydrogens (tertiary/aromatic N) is 2. The van der Waals surface area contributed by atoms with Crippen LogP contribution >= 0.6 is 11.3 Å². The molecule has 18 heavy (non-hydrogen) atoms. The van der Waals surface area contributed by atoms with Gasteiger partial charge in [0.25, 0.3) is 5.91 Å². The molecule has 1 aliphatic heterocycles. The third kappa shape index (κ3) is 2.88. The van der Waals surface area contributed by atoms with Gasteiger partial charge in [0.2, 0.25) is 10.0 Å². The number of hydrogen-bond acceptors (Lipinski definition) is 5. The number of carbonyl (C=O) groups is 1. The van der Waals surface area contributed by atoms with Gasteiger partial charge in [0.05, 0.1) is 10.3 Å². The first kappa shape index (κ1) is 13.4. The third-order valence-electron chi connectivity index (χ3n) is 2.97. The monoisotopic (exact) mass is 289 g/mol. The molecule has 1 aliphatic rings. The summed E-state index contributed by atoms with van der Waals surface area (Å²) in [6, 6.07) is 0. The maximum absolute atomic E-state index is 12.1. The van der Waals surface area contributed by atoms with E-state index in [1.807, 2.05) is 6.92 Å². The molecular formula is C10H15N3O3S2. The van der Waals surface area contributed by atoms with E-state index in [4.69, 9.17) is 5.14 Å². The molecule has 100 valence electrons. The van der Waals surface area contributed by atoms with Gasteiger partial charge in [-0.05, 0) is 19.8 Å². The molecule has 8 heteroatoms. The molecule has 1 unspecified atom stereocenters. The molecule has 1 amide bonds. The van der Waals surface area contributed by atoms with E-state index in [-0.39, 0.29) is 12.5 Å². The van der Waals surface area contributed by atoms with Crippen LogP contribution in [0, 0.1) is 6.92 Å². The fourth-order valence-corrected chi connectivity index (χ4v) is 3.48. The molecule has 1 fully saturated rings. The highest BCUT2D eigenvalue weighted by Gasteiger charge is 2.31. The summed E-state index contributed by atoms with van der Waals surface area (Å²) >= 11 is 1.40. The minimum Gasteiger partial charge on any atom is -0.336 e. The Labute approximate surface area is 110 Å². The molecule has 0 saturated carbocycles. The molecule has 1 aromatic rings. The van der Waals surface area contributed by atoms with E-state index < -0.39 is 15.3 Å². The van der Waals surface area contributed by atoms with Crippen molar-refractivity contribution in [3.63, 3.8) is 0 Å². The molecular weight excluding hydrogens is 274 g/mol. The van der Waals surface area contributed by atoms with Crippen LogP contribution in [-0.4, -0.2) is 42.5 Å². The number of aromatic nitrogens is 1. The van der Waals surface area contributed by atoms with E-state index in [0.29, 0.717) is 25.1 Å². The Bertz CT molecular complexity index is 552. The summed E-state index contributed by atoms with van der Waals surface area (Å²) in [6.45, 7) is 2.54. The number of aryl methyl sites for hydroxylation is 1. The fraction of sp³-hybridized carbons (Fsp3) is 0.600. The van der Waals surface area contributed by atoms with Crippen LogP contribution in [0.15, 0.2) is 5.38 Å². The number of thiazole rings is 1. The summed E-state index contributed by atoms with van der Waals surface area (Å²) in [5, 5.41) is 6.99. The van der Waals surface area contributed by atoms with Crippen molar-refractivity contribution >= 4 is 27.3 Å². The molecule has 0 radical (unpaired) electrons. The number of piperidine rings is 1. The third-order valence-corrected chi connectivity index (χ3v) is 5.06. The number of sulfonamides is 1. The van der Waals surface area contributed by atoms with Crippen LogP contribution in [0.25, 0.3) is 0 Å². The minimum atomic E-state index is -3.58. The number of nitrogens with two attached hydrogens (primary N) is 1. The SMILES string of the molecule is Cc1nc(C(=O)N2CCCC(S(N)(=O)=O)C2)cs1. The van der Waals surface area contributed by atoms with Gasteiger partial charge in [0, 0.05) is 18.5 Å². The Morgan fingerprint density at radius 2 is 2.33 bits per heavy atom. The number of carbonyl (C=O) groups excluding carboxylic acids is 1. The molecule has 2 rings (SSSR count). The van der Waals surface area contributed by atoms with Gasteiger partial charge in [0.15, 0.2) is 0 Å². The summed E-state index contributed by atoms with van der Waals surface area (Å²) in [5.74, 6) is -0.215. The van der Waals surface area contributed by atoms with Crippen molar-refractivity contribution in [2.24, 2.45) is 5.14 Å². The predicted octanol–water partition coefficient (Wildman–Crippen LogP) is 0.345. The number of primary sulfonamides is 1. The quantitative estimate of drug-likeness (QED) is 0.849. The summed E-state index contributed by atoms with van der Waals surface area (Å²) in [4.78, 5) is 17.8. The van der Waals surface area contributed by atoms with E-state index in [1.165, 1.54) is 16.2 Å². The van der Waals surface area contributed by atoms with Crippen molar-refractivity contribution in [2.45, 2.75) is 25.0 Å². The summed E-state index contributed by atoms with van der Waals surface area (Å²) < 4.78 is 22.6. The molecule has 0 spiro atoms. The Hall–Kier alpha value is -0.990. The topological polar surface area (TPSA) is 93.4 Å². The summed E-state index contributed by atoms with van der Waals surface area (Å²) in [6.07, 6.45) is 1.16. The standard InChI is InChI=1S/C10H15N3O3S2/c1-7-12-9(6-17-7)10(14)13-4-2-3-8(5-13)18(11,15)16/h6,8H,2-5H2,1H3,(H2,11,15,16). The first-order valence-electron chi connectivity index (χ1n) is 5.61. The Morgan fingerprint density at radius 3 is 2.89 bits per heavy atom. The zero-order valence-corrected chi connectivity index (χ0v) is 11.6. The average Bonchev–Trinajstić information content (AvgIpc) is 2.74. The zero-order chi connectivity index (χ0) is 13.3. The summed E-state index contributed by atoms with van der Waals surface area (Å²) in [5.41, 5.74) is 0.382. The first-order chi connectivity index (χ1) is 8.38. The van der Waals surface area contributed by atoms with Crippen molar-refractivity contribution < 1.29 is 13.2 Å². The number of hydrogen-bond donors (Lipinski definition) is 1. The molecule has 0 aliphatic carbocycles. The molecule has 1 aromatic heterocycles. The minimum absolute atomic E-state index is 0.161. The van der Waals surface area contributed by atoms with Crippen molar-refractivity contribution in [2.75, 3.05) is 13.1 Å². The predicted molar refractivity (Wildman–Crippen MR) is 68.9 cm³/mol. The van der Waals surface area contributed by atoms with Gasteiger partial charge in [-0.1, -0.05) is 0 Å². The second kappa shape index (κ2) is 4.94. The highest BCUT2D eigenvalue weighted by molar-refractivity contribution is 7.89. The van der Waals surface area contributed by atoms with Crippen LogP contribution in [0.1, 0.15) is 28.3 Å². The van der Waals surface area contributed by atoms with E-state index in [0.717, 1.165) is 5.01 Å². The Balaban J connectivity index is 2.12. The van der Waals surface area contributed by atoms with Crippen molar-refractivity contribution in [3.05, 3.63) is 16.1 Å². The zero-order valence-electron chi connectivity index (χ0n) is 10.00. The van der Waals surface area contributed by atoms with Crippen LogP contribution in [-0.2, 0) is 10.0 Å². The lowest BCUT2D eigenvalue weighted by Crippen LogP contribution is -2.47. The Morgan fingerprint density at radius 1 is 1.61 bits per heavy atom. The first-order valence-corrected chi connectivity index (χ1v) is 8.10. The summed E-state index contributed by atoms with van der Waals surface area (Å²) in [7, 11) is -3.58. The van der Waals surface area contributed by atoms with Crippen LogP contribution in [0.2, 0.25) is 0 Å². The Kier molecular flexibility index (Phi) is 3.69. The van der Waals surface area contributed by atoms with Crippen molar-refractivity contribution in [1.29, 1.82) is 0 Å². The van der Waals surface area contributed by atoms with Gasteiger partial charge < -0.3 is 4.90 Å². The van der Waals surface area contributed by atoms with Gasteiger partial charge >= 0.3 is 0 Å². The van der Waals surface area contributed by atoms with E-state index >= 15 is 0 Å². The lowest BCUT2D eigenvalue weighted by atomic mass is 10.1. The van der Waals surface area contributed by atoms with Gasteiger partial charge in [-0.25, -0.2) is 18.5 Å². The normalized spacial score (nSPS) is 21.0. The second-order valence-corrected chi connectivity index (χ2v) is 7.26. The van der Waals surface area contributed by atoms with Crippen LogP contribution < -0.4 is 5.14 Å². The molecule has 6 nitrogen and oxygen atoms in total. The van der Waals surface area contributed by atoms with Crippen LogP contribution in [0.4, 0.5) is 0 Å².